The van der Waals surface area contributed by atoms with Crippen molar-refractivity contribution < 1.29 is 15.0 Å². The Morgan fingerprint density at radius 1 is 0.490 bits per heavy atom. The van der Waals surface area contributed by atoms with Crippen LogP contribution >= 0.6 is 0 Å². The highest BCUT2D eigenvalue weighted by Crippen LogP contribution is 2.14. The molecule has 0 saturated heterocycles. The van der Waals surface area contributed by atoms with E-state index in [1.54, 1.807) is 6.08 Å². The molecule has 2 atom stereocenters. The van der Waals surface area contributed by atoms with Gasteiger partial charge < -0.3 is 15.5 Å². The van der Waals surface area contributed by atoms with Gasteiger partial charge in [0, 0.05) is 6.42 Å². The standard InChI is InChI=1S/C47H83NO3/c1-3-5-7-9-11-13-15-17-19-20-21-22-23-24-25-26-27-28-29-31-33-35-37-39-41-43-47(51)48-45(44-49)46(50)42-40-38-36-34-32-30-18-16-14-12-10-8-6-4-2/h5,7,11,13,17,19,21-22,32,34,40,42,45-46,49-50H,3-4,6,8-10,12,14-16,18,20,23-31,33,35-39,41,43-44H2,1-2H3,(H,48,51)/b7-5-,13-11-,19-17-,22-21-,34-32+,42-40+. The molecule has 0 aliphatic heterocycles. The molecule has 1 amide bonds. The molecule has 0 bridgehead atoms. The number of hydrogen-bond acceptors (Lipinski definition) is 3. The first-order chi connectivity index (χ1) is 25.2. The fraction of sp³-hybridized carbons (Fsp3) is 0.723. The Morgan fingerprint density at radius 3 is 1.37 bits per heavy atom. The fourth-order valence-electron chi connectivity index (χ4n) is 6.13. The van der Waals surface area contributed by atoms with Crippen LogP contribution < -0.4 is 5.32 Å². The third-order valence-electron chi connectivity index (χ3n) is 9.42. The molecule has 4 nitrogen and oxygen atoms in total. The first kappa shape index (κ1) is 48.8. The number of carbonyl (C=O) groups is 1. The Balaban J connectivity index is 3.60. The lowest BCUT2D eigenvalue weighted by Gasteiger charge is -2.19. The first-order valence-corrected chi connectivity index (χ1v) is 21.7. The second-order valence-corrected chi connectivity index (χ2v) is 14.4. The van der Waals surface area contributed by atoms with Crippen molar-refractivity contribution in [3.05, 3.63) is 72.9 Å². The van der Waals surface area contributed by atoms with E-state index in [0.717, 1.165) is 57.8 Å². The molecule has 3 N–H and O–H groups in total. The zero-order valence-corrected chi connectivity index (χ0v) is 33.6. The topological polar surface area (TPSA) is 69.6 Å². The monoisotopic (exact) mass is 710 g/mol. The van der Waals surface area contributed by atoms with E-state index in [9.17, 15) is 15.0 Å². The van der Waals surface area contributed by atoms with Gasteiger partial charge in [-0.15, -0.1) is 0 Å². The second kappa shape index (κ2) is 42.2. The Labute approximate surface area is 317 Å². The smallest absolute Gasteiger partial charge is 0.220 e. The average Bonchev–Trinajstić information content (AvgIpc) is 3.13. The predicted molar refractivity (Wildman–Crippen MR) is 225 cm³/mol. The molecule has 4 heteroatoms. The van der Waals surface area contributed by atoms with Gasteiger partial charge in [-0.1, -0.05) is 196 Å². The highest BCUT2D eigenvalue weighted by atomic mass is 16.3. The van der Waals surface area contributed by atoms with E-state index in [0.29, 0.717) is 6.42 Å². The van der Waals surface area contributed by atoms with Gasteiger partial charge in [0.05, 0.1) is 18.8 Å². The molecule has 0 radical (unpaired) electrons. The Bertz CT molecular complexity index is 899. The first-order valence-electron chi connectivity index (χ1n) is 21.7. The molecule has 0 aromatic rings. The summed E-state index contributed by atoms with van der Waals surface area (Å²) in [5, 5.41) is 22.9. The summed E-state index contributed by atoms with van der Waals surface area (Å²) in [5.74, 6) is -0.0798. The quantitative estimate of drug-likeness (QED) is 0.0441. The lowest BCUT2D eigenvalue weighted by atomic mass is 10.0. The molecule has 0 aliphatic carbocycles. The van der Waals surface area contributed by atoms with Crippen molar-refractivity contribution in [1.82, 2.24) is 5.32 Å². The van der Waals surface area contributed by atoms with Crippen molar-refractivity contribution in [1.29, 1.82) is 0 Å². The largest absolute Gasteiger partial charge is 0.394 e. The molecule has 0 aromatic carbocycles. The third kappa shape index (κ3) is 38.9. The zero-order valence-electron chi connectivity index (χ0n) is 33.6. The molecule has 0 spiro atoms. The number of unbranched alkanes of at least 4 members (excludes halogenated alkanes) is 21. The third-order valence-corrected chi connectivity index (χ3v) is 9.42. The van der Waals surface area contributed by atoms with Gasteiger partial charge in [-0.3, -0.25) is 4.79 Å². The van der Waals surface area contributed by atoms with E-state index in [2.05, 4.69) is 79.9 Å². The van der Waals surface area contributed by atoms with Crippen molar-refractivity contribution >= 4 is 5.91 Å². The van der Waals surface area contributed by atoms with Crippen LogP contribution in [0.5, 0.6) is 0 Å². The lowest BCUT2D eigenvalue weighted by Crippen LogP contribution is -2.45. The van der Waals surface area contributed by atoms with Gasteiger partial charge in [0.15, 0.2) is 0 Å². The van der Waals surface area contributed by atoms with Crippen LogP contribution in [0.2, 0.25) is 0 Å². The fourth-order valence-corrected chi connectivity index (χ4v) is 6.13. The summed E-state index contributed by atoms with van der Waals surface area (Å²) < 4.78 is 0. The zero-order chi connectivity index (χ0) is 37.1. The molecule has 0 fully saturated rings. The summed E-state index contributed by atoms with van der Waals surface area (Å²) in [5.41, 5.74) is 0. The van der Waals surface area contributed by atoms with Gasteiger partial charge in [0.25, 0.3) is 0 Å². The molecule has 51 heavy (non-hydrogen) atoms. The molecular formula is C47H83NO3. The van der Waals surface area contributed by atoms with Gasteiger partial charge in [0.2, 0.25) is 5.91 Å². The highest BCUT2D eigenvalue weighted by Gasteiger charge is 2.17. The number of hydrogen-bond donors (Lipinski definition) is 3. The summed E-state index contributed by atoms with van der Waals surface area (Å²) in [6.45, 7) is 4.17. The van der Waals surface area contributed by atoms with Crippen molar-refractivity contribution in [2.24, 2.45) is 0 Å². The SMILES string of the molecule is CC/C=C\C/C=C\C/C=C\C/C=C\CCCCCCCCCCCCCCC(=O)NC(CO)C(O)/C=C/CC/C=C/CCCCCCCCCC. The Kier molecular flexibility index (Phi) is 40.4. The highest BCUT2D eigenvalue weighted by molar-refractivity contribution is 5.76. The molecule has 0 aliphatic rings. The van der Waals surface area contributed by atoms with Crippen molar-refractivity contribution in [2.75, 3.05) is 6.61 Å². The van der Waals surface area contributed by atoms with Gasteiger partial charge in [-0.25, -0.2) is 0 Å². The van der Waals surface area contributed by atoms with Crippen molar-refractivity contribution in [3.8, 4) is 0 Å². The van der Waals surface area contributed by atoms with Gasteiger partial charge in [0.1, 0.15) is 0 Å². The van der Waals surface area contributed by atoms with Gasteiger partial charge >= 0.3 is 0 Å². The molecule has 2 unspecified atom stereocenters. The van der Waals surface area contributed by atoms with Crippen LogP contribution in [0.1, 0.15) is 200 Å². The average molecular weight is 710 g/mol. The summed E-state index contributed by atoms with van der Waals surface area (Å²) in [7, 11) is 0. The van der Waals surface area contributed by atoms with Crippen LogP contribution in [0, 0.1) is 0 Å². The molecule has 294 valence electrons. The maximum absolute atomic E-state index is 12.4. The van der Waals surface area contributed by atoms with E-state index in [4.69, 9.17) is 0 Å². The van der Waals surface area contributed by atoms with Gasteiger partial charge in [-0.2, -0.15) is 0 Å². The molecule has 0 rings (SSSR count). The number of aliphatic hydroxyl groups excluding tert-OH is 2. The van der Waals surface area contributed by atoms with Crippen LogP contribution in [0.15, 0.2) is 72.9 Å². The lowest BCUT2D eigenvalue weighted by molar-refractivity contribution is -0.123. The summed E-state index contributed by atoms with van der Waals surface area (Å²) in [6, 6.07) is -0.642. The molecule has 0 aromatic heterocycles. The molecule has 0 heterocycles. The molecule has 0 saturated carbocycles. The summed E-state index contributed by atoms with van der Waals surface area (Å²) >= 11 is 0. The number of allylic oxidation sites excluding steroid dienone is 11. The van der Waals surface area contributed by atoms with Crippen LogP contribution in [-0.4, -0.2) is 34.9 Å². The van der Waals surface area contributed by atoms with Crippen LogP contribution in [0.25, 0.3) is 0 Å². The van der Waals surface area contributed by atoms with Crippen LogP contribution in [-0.2, 0) is 4.79 Å². The summed E-state index contributed by atoms with van der Waals surface area (Å²) in [4.78, 5) is 12.4. The van der Waals surface area contributed by atoms with E-state index in [1.165, 1.54) is 122 Å². The predicted octanol–water partition coefficient (Wildman–Crippen LogP) is 13.5. The van der Waals surface area contributed by atoms with E-state index in [-0.39, 0.29) is 12.5 Å². The number of aliphatic hydroxyl groups is 2. The second-order valence-electron chi connectivity index (χ2n) is 14.4. The van der Waals surface area contributed by atoms with E-state index >= 15 is 0 Å². The minimum absolute atomic E-state index is 0.0798. The maximum atomic E-state index is 12.4. The maximum Gasteiger partial charge on any atom is 0.220 e. The van der Waals surface area contributed by atoms with Crippen LogP contribution in [0.3, 0.4) is 0 Å². The Morgan fingerprint density at radius 2 is 0.882 bits per heavy atom. The van der Waals surface area contributed by atoms with Crippen molar-refractivity contribution in [2.45, 2.75) is 212 Å². The van der Waals surface area contributed by atoms with E-state index in [1.807, 2.05) is 6.08 Å². The minimum atomic E-state index is -0.864. The number of amides is 1. The summed E-state index contributed by atoms with van der Waals surface area (Å²) in [6.07, 6.45) is 60.1. The minimum Gasteiger partial charge on any atom is -0.394 e. The number of rotatable bonds is 38. The molecular weight excluding hydrogens is 627 g/mol. The van der Waals surface area contributed by atoms with Crippen LogP contribution in [0.4, 0.5) is 0 Å². The number of carbonyl (C=O) groups excluding carboxylic acids is 1. The number of nitrogens with one attached hydrogen (secondary N) is 1. The van der Waals surface area contributed by atoms with Crippen molar-refractivity contribution in [3.63, 3.8) is 0 Å². The Hall–Kier alpha value is -2.17. The van der Waals surface area contributed by atoms with E-state index < -0.39 is 12.1 Å². The van der Waals surface area contributed by atoms with Gasteiger partial charge in [-0.05, 0) is 70.6 Å². The normalized spacial score (nSPS) is 13.7.